The second-order valence-electron chi connectivity index (χ2n) is 3.42. The van der Waals surface area contributed by atoms with Crippen molar-refractivity contribution in [3.8, 4) is 0 Å². The lowest BCUT2D eigenvalue weighted by Gasteiger charge is -2.21. The summed E-state index contributed by atoms with van der Waals surface area (Å²) in [6, 6.07) is 0. The van der Waals surface area contributed by atoms with Crippen molar-refractivity contribution in [1.29, 1.82) is 0 Å². The van der Waals surface area contributed by atoms with Crippen LogP contribution in [0.2, 0.25) is 5.15 Å². The predicted octanol–water partition coefficient (Wildman–Crippen LogP) is 3.10. The van der Waals surface area contributed by atoms with Crippen molar-refractivity contribution in [3.63, 3.8) is 0 Å². The maximum absolute atomic E-state index is 6.10. The Kier molecular flexibility index (Phi) is 4.69. The molecule has 0 radical (unpaired) electrons. The molecule has 1 fully saturated rings. The number of thioether (sulfide) groups is 1. The minimum Gasteiger partial charge on any atom is -0.368 e. The van der Waals surface area contributed by atoms with Crippen molar-refractivity contribution < 1.29 is 4.74 Å². The van der Waals surface area contributed by atoms with Gasteiger partial charge in [0, 0.05) is 11.5 Å². The predicted molar refractivity (Wildman–Crippen MR) is 75.2 cm³/mol. The molecule has 3 nitrogen and oxygen atoms in total. The number of nitrogens with zero attached hydrogens (tertiary/aromatic N) is 2. The topological polar surface area (TPSA) is 35.0 Å². The van der Waals surface area contributed by atoms with Crippen molar-refractivity contribution in [2.24, 2.45) is 0 Å². The van der Waals surface area contributed by atoms with Crippen molar-refractivity contribution in [3.05, 3.63) is 20.2 Å². The van der Waals surface area contributed by atoms with Gasteiger partial charge in [-0.05, 0) is 29.0 Å². The number of rotatable bonds is 2. The molecule has 16 heavy (non-hydrogen) atoms. The Morgan fingerprint density at radius 2 is 2.38 bits per heavy atom. The molecule has 1 aliphatic heterocycles. The van der Waals surface area contributed by atoms with Crippen LogP contribution in [0.5, 0.6) is 0 Å². The molecule has 1 saturated heterocycles. The summed E-state index contributed by atoms with van der Waals surface area (Å²) >= 11 is 10.2. The first-order valence-electron chi connectivity index (χ1n) is 5.13. The van der Waals surface area contributed by atoms with Crippen LogP contribution >= 0.6 is 46.0 Å². The fourth-order valence-corrected chi connectivity index (χ4v) is 3.15. The zero-order valence-corrected chi connectivity index (χ0v) is 12.6. The molecule has 0 bridgehead atoms. The van der Waals surface area contributed by atoms with Gasteiger partial charge < -0.3 is 4.74 Å². The zero-order valence-electron chi connectivity index (χ0n) is 8.87. The molecule has 0 N–H and O–H groups in total. The molecule has 88 valence electrons. The number of hydrogen-bond acceptors (Lipinski definition) is 4. The van der Waals surface area contributed by atoms with Gasteiger partial charge in [-0.2, -0.15) is 11.8 Å². The van der Waals surface area contributed by atoms with E-state index in [-0.39, 0.29) is 6.10 Å². The van der Waals surface area contributed by atoms with E-state index in [1.54, 1.807) is 0 Å². The lowest BCUT2D eigenvalue weighted by Crippen LogP contribution is -2.19. The van der Waals surface area contributed by atoms with E-state index in [0.717, 1.165) is 39.6 Å². The third-order valence-electron chi connectivity index (χ3n) is 2.34. The summed E-state index contributed by atoms with van der Waals surface area (Å²) in [5.41, 5.74) is 1.01. The van der Waals surface area contributed by atoms with Gasteiger partial charge in [-0.15, -0.1) is 0 Å². The highest BCUT2D eigenvalue weighted by molar-refractivity contribution is 14.1. The van der Waals surface area contributed by atoms with Gasteiger partial charge >= 0.3 is 0 Å². The van der Waals surface area contributed by atoms with Gasteiger partial charge in [0.05, 0.1) is 15.9 Å². The van der Waals surface area contributed by atoms with Gasteiger partial charge in [-0.1, -0.05) is 18.5 Å². The highest BCUT2D eigenvalue weighted by Gasteiger charge is 2.21. The van der Waals surface area contributed by atoms with E-state index < -0.39 is 0 Å². The number of aromatic nitrogens is 2. The Labute approximate surface area is 118 Å². The molecule has 1 aliphatic rings. The summed E-state index contributed by atoms with van der Waals surface area (Å²) in [6.45, 7) is 2.84. The van der Waals surface area contributed by atoms with Gasteiger partial charge in [0.15, 0.2) is 5.82 Å². The Hall–Kier alpha value is 0.410. The minimum atomic E-state index is -0.00134. The van der Waals surface area contributed by atoms with Crippen LogP contribution in [0.3, 0.4) is 0 Å². The standard InChI is InChI=1S/C10H12ClIN2OS/c1-2-6-8(12)9(11)14-10(13-6)7-5-16-4-3-15-7/h7H,2-5H2,1H3. The number of aryl methyl sites for hydroxylation is 1. The van der Waals surface area contributed by atoms with Crippen LogP contribution in [0.25, 0.3) is 0 Å². The lowest BCUT2D eigenvalue weighted by molar-refractivity contribution is 0.0692. The van der Waals surface area contributed by atoms with E-state index in [2.05, 4.69) is 39.5 Å². The molecule has 0 amide bonds. The Bertz CT molecular complexity index is 385. The van der Waals surface area contributed by atoms with Crippen LogP contribution in [-0.2, 0) is 11.2 Å². The van der Waals surface area contributed by atoms with Crippen LogP contribution < -0.4 is 0 Å². The van der Waals surface area contributed by atoms with Crippen LogP contribution in [0.1, 0.15) is 24.5 Å². The molecule has 0 aromatic carbocycles. The summed E-state index contributed by atoms with van der Waals surface area (Å²) in [4.78, 5) is 8.85. The van der Waals surface area contributed by atoms with E-state index in [1.807, 2.05) is 11.8 Å². The number of ether oxygens (including phenoxy) is 1. The van der Waals surface area contributed by atoms with Crippen LogP contribution in [0.4, 0.5) is 0 Å². The Balaban J connectivity index is 2.29. The maximum atomic E-state index is 6.10. The van der Waals surface area contributed by atoms with E-state index in [0.29, 0.717) is 5.15 Å². The van der Waals surface area contributed by atoms with Crippen molar-refractivity contribution in [1.82, 2.24) is 9.97 Å². The largest absolute Gasteiger partial charge is 0.368 e. The lowest BCUT2D eigenvalue weighted by atomic mass is 10.3. The molecule has 1 aromatic rings. The van der Waals surface area contributed by atoms with Crippen LogP contribution in [0.15, 0.2) is 0 Å². The highest BCUT2D eigenvalue weighted by Crippen LogP contribution is 2.27. The fourth-order valence-electron chi connectivity index (χ4n) is 1.50. The third-order valence-corrected chi connectivity index (χ3v) is 5.06. The molecule has 1 atom stereocenters. The van der Waals surface area contributed by atoms with Gasteiger partial charge in [0.2, 0.25) is 0 Å². The monoisotopic (exact) mass is 370 g/mol. The molecule has 1 aromatic heterocycles. The van der Waals surface area contributed by atoms with Gasteiger partial charge in [0.1, 0.15) is 11.3 Å². The van der Waals surface area contributed by atoms with Crippen molar-refractivity contribution in [2.75, 3.05) is 18.1 Å². The van der Waals surface area contributed by atoms with Crippen molar-refractivity contribution in [2.45, 2.75) is 19.4 Å². The van der Waals surface area contributed by atoms with Crippen molar-refractivity contribution >= 4 is 46.0 Å². The summed E-state index contributed by atoms with van der Waals surface area (Å²) in [6.07, 6.45) is 0.867. The molecule has 0 aliphatic carbocycles. The summed E-state index contributed by atoms with van der Waals surface area (Å²) in [5.74, 6) is 2.70. The zero-order chi connectivity index (χ0) is 11.5. The SMILES string of the molecule is CCc1nc(C2CSCCO2)nc(Cl)c1I. The van der Waals surface area contributed by atoms with Crippen LogP contribution in [0, 0.1) is 3.57 Å². The average Bonchev–Trinajstić information content (AvgIpc) is 2.33. The quantitative estimate of drug-likeness (QED) is 0.592. The summed E-state index contributed by atoms with van der Waals surface area (Å²) < 4.78 is 6.60. The average molecular weight is 371 g/mol. The van der Waals surface area contributed by atoms with Crippen LogP contribution in [-0.4, -0.2) is 28.1 Å². The van der Waals surface area contributed by atoms with Gasteiger partial charge in [-0.25, -0.2) is 9.97 Å². The first-order chi connectivity index (χ1) is 7.72. The maximum Gasteiger partial charge on any atom is 0.160 e. The Morgan fingerprint density at radius 1 is 1.56 bits per heavy atom. The molecular formula is C10H12ClIN2OS. The van der Waals surface area contributed by atoms with E-state index in [4.69, 9.17) is 16.3 Å². The third kappa shape index (κ3) is 2.80. The molecule has 0 spiro atoms. The molecule has 2 heterocycles. The van der Waals surface area contributed by atoms with E-state index in [1.165, 1.54) is 0 Å². The smallest absolute Gasteiger partial charge is 0.160 e. The second-order valence-corrected chi connectivity index (χ2v) is 6.01. The molecule has 1 unspecified atom stereocenters. The minimum absolute atomic E-state index is 0.00134. The molecule has 2 rings (SSSR count). The summed E-state index contributed by atoms with van der Waals surface area (Å²) in [5, 5.41) is 0.543. The van der Waals surface area contributed by atoms with Gasteiger partial charge in [0.25, 0.3) is 0 Å². The molecular weight excluding hydrogens is 359 g/mol. The first kappa shape index (κ1) is 12.9. The van der Waals surface area contributed by atoms with Gasteiger partial charge in [-0.3, -0.25) is 0 Å². The normalized spacial score (nSPS) is 21.1. The second kappa shape index (κ2) is 5.84. The first-order valence-corrected chi connectivity index (χ1v) is 7.74. The Morgan fingerprint density at radius 3 is 3.00 bits per heavy atom. The number of halogens is 2. The molecule has 6 heteroatoms. The van der Waals surface area contributed by atoms with E-state index in [9.17, 15) is 0 Å². The molecule has 0 saturated carbocycles. The van der Waals surface area contributed by atoms with E-state index >= 15 is 0 Å². The number of hydrogen-bond donors (Lipinski definition) is 0. The summed E-state index contributed by atoms with van der Waals surface area (Å²) in [7, 11) is 0. The highest BCUT2D eigenvalue weighted by atomic mass is 127. The fraction of sp³-hybridized carbons (Fsp3) is 0.600.